The molecule has 55 heavy (non-hydrogen) atoms. The number of hydrogen-bond donors (Lipinski definition) is 6. The van der Waals surface area contributed by atoms with Gasteiger partial charge in [0, 0.05) is 13.1 Å². The highest BCUT2D eigenvalue weighted by Gasteiger charge is 2.22. The van der Waals surface area contributed by atoms with Gasteiger partial charge >= 0.3 is 0 Å². The quantitative estimate of drug-likeness (QED) is 0.0780. The normalized spacial score (nSPS) is 11.6. The van der Waals surface area contributed by atoms with E-state index in [9.17, 15) is 20.4 Å². The lowest BCUT2D eigenvalue weighted by Crippen LogP contribution is -2.48. The molecule has 0 saturated heterocycles. The maximum atomic E-state index is 9.47. The summed E-state index contributed by atoms with van der Waals surface area (Å²) in [6.45, 7) is 4.39. The maximum absolute atomic E-state index is 9.47. The molecule has 8 N–H and O–H groups in total. The zero-order valence-electron chi connectivity index (χ0n) is 31.0. The fraction of sp³-hybridized carbons (Fsp3) is 0.217. The van der Waals surface area contributed by atoms with Crippen molar-refractivity contribution < 1.29 is 25.9 Å². The molecule has 0 aromatic heterocycles. The molecule has 0 spiro atoms. The van der Waals surface area contributed by atoms with E-state index in [1.807, 2.05) is 13.8 Å². The van der Waals surface area contributed by atoms with Crippen LogP contribution in [-0.2, 0) is 13.1 Å². The van der Waals surface area contributed by atoms with Gasteiger partial charge in [0.15, 0.2) is 0 Å². The summed E-state index contributed by atoms with van der Waals surface area (Å²) < 4.78 is 0. The zero-order chi connectivity index (χ0) is 36.3. The number of nitrogens with one attached hydrogen (secondary N) is 2. The Hall–Kier alpha value is -4.38. The second kappa shape index (κ2) is 18.5. The molecule has 8 aromatic rings. The van der Waals surface area contributed by atoms with Gasteiger partial charge in [-0.3, -0.25) is 0 Å². The topological polar surface area (TPSA) is 136 Å². The van der Waals surface area contributed by atoms with Crippen LogP contribution in [0.4, 0.5) is 0 Å². The Balaban J connectivity index is 0.000000232. The molecule has 0 aliphatic carbocycles. The minimum atomic E-state index is -0.680. The minimum Gasteiger partial charge on any atom is -0.412 e. The Morgan fingerprint density at radius 1 is 0.364 bits per heavy atom. The van der Waals surface area contributed by atoms with Gasteiger partial charge < -0.3 is 36.5 Å². The largest absolute Gasteiger partial charge is 0.412 e. The van der Waals surface area contributed by atoms with Gasteiger partial charge in [-0.2, -0.15) is 0 Å². The number of aliphatic hydroxyl groups is 4. The van der Waals surface area contributed by atoms with Crippen LogP contribution < -0.4 is 10.6 Å². The minimum absolute atomic E-state index is 0. The van der Waals surface area contributed by atoms with Crippen LogP contribution >= 0.6 is 24.8 Å². The van der Waals surface area contributed by atoms with Crippen molar-refractivity contribution in [1.82, 2.24) is 10.6 Å². The first-order valence-electron chi connectivity index (χ1n) is 17.9. The molecule has 0 aliphatic rings. The summed E-state index contributed by atoms with van der Waals surface area (Å²) in [4.78, 5) is 0. The van der Waals surface area contributed by atoms with Gasteiger partial charge in [0.25, 0.3) is 0 Å². The lowest BCUT2D eigenvalue weighted by atomic mass is 9.93. The summed E-state index contributed by atoms with van der Waals surface area (Å²) in [5.74, 6) is 0. The fourth-order valence-electron chi connectivity index (χ4n) is 7.08. The van der Waals surface area contributed by atoms with Gasteiger partial charge in [-0.05, 0) is 102 Å². The molecule has 288 valence electrons. The summed E-state index contributed by atoms with van der Waals surface area (Å²) in [7, 11) is 0. The number of aliphatic hydroxyl groups excluding tert-OH is 4. The molecule has 9 heteroatoms. The first-order chi connectivity index (χ1) is 25.3. The Morgan fingerprint density at radius 2 is 0.582 bits per heavy atom. The van der Waals surface area contributed by atoms with Crippen LogP contribution in [0.2, 0.25) is 0 Å². The zero-order valence-corrected chi connectivity index (χ0v) is 32.7. The third kappa shape index (κ3) is 8.72. The average Bonchev–Trinajstić information content (AvgIpc) is 3.22. The number of fused-ring (bicyclic) bond motifs is 12. The summed E-state index contributed by atoms with van der Waals surface area (Å²) in [6.07, 6.45) is 0. The molecule has 0 saturated carbocycles. The van der Waals surface area contributed by atoms with Crippen molar-refractivity contribution in [1.29, 1.82) is 0 Å². The Bertz CT molecular complexity index is 2290. The maximum Gasteiger partial charge on any atom is 0.0633 e. The van der Waals surface area contributed by atoms with Crippen LogP contribution in [0.3, 0.4) is 0 Å². The van der Waals surface area contributed by atoms with E-state index in [2.05, 4.69) is 144 Å². The van der Waals surface area contributed by atoms with Crippen molar-refractivity contribution in [2.45, 2.75) is 38.0 Å². The molecular weight excluding hydrogens is 731 g/mol. The van der Waals surface area contributed by atoms with E-state index in [-0.39, 0.29) is 56.7 Å². The van der Waals surface area contributed by atoms with Gasteiger partial charge in [0.05, 0.1) is 37.5 Å². The molecule has 0 unspecified atom stereocenters. The lowest BCUT2D eigenvalue weighted by Gasteiger charge is -2.26. The molecule has 0 atom stereocenters. The highest BCUT2D eigenvalue weighted by Crippen LogP contribution is 2.36. The molecule has 0 fully saturated rings. The monoisotopic (exact) mass is 780 g/mol. The van der Waals surface area contributed by atoms with Crippen LogP contribution in [0.1, 0.15) is 25.0 Å². The van der Waals surface area contributed by atoms with Gasteiger partial charge in [0.2, 0.25) is 0 Å². The number of hydrogen-bond acceptors (Lipinski definition) is 6. The molecular formula is C46H50Cl2N2O5. The molecule has 0 radical (unpaired) electrons. The Morgan fingerprint density at radius 3 is 0.818 bits per heavy atom. The summed E-state index contributed by atoms with van der Waals surface area (Å²) in [5.41, 5.74) is 0.901. The Labute approximate surface area is 333 Å². The molecule has 0 heterocycles. The third-order valence-corrected chi connectivity index (χ3v) is 10.5. The smallest absolute Gasteiger partial charge is 0.0633 e. The number of halogens is 2. The SMILES string of the molecule is CC(CO)(CO)NCc1ccc2c3ccccc3c3ccccc3c2c1.CC(CO)(CO)NCc1ccc2c3ccccc3c3ccccc3c2c1.Cl.Cl.O. The van der Waals surface area contributed by atoms with E-state index in [4.69, 9.17) is 0 Å². The highest BCUT2D eigenvalue weighted by molar-refractivity contribution is 6.26. The van der Waals surface area contributed by atoms with Crippen molar-refractivity contribution >= 4 is 89.4 Å². The van der Waals surface area contributed by atoms with Crippen LogP contribution in [-0.4, -0.2) is 63.4 Å². The summed E-state index contributed by atoms with van der Waals surface area (Å²) in [5, 5.41) is 59.4. The van der Waals surface area contributed by atoms with Crippen molar-refractivity contribution in [2.75, 3.05) is 26.4 Å². The van der Waals surface area contributed by atoms with Crippen LogP contribution in [0.15, 0.2) is 133 Å². The molecule has 7 nitrogen and oxygen atoms in total. The van der Waals surface area contributed by atoms with Crippen LogP contribution in [0, 0.1) is 0 Å². The fourth-order valence-corrected chi connectivity index (χ4v) is 7.08. The highest BCUT2D eigenvalue weighted by atomic mass is 35.5. The predicted octanol–water partition coefficient (Wildman–Crippen LogP) is 7.98. The van der Waals surface area contributed by atoms with Gasteiger partial charge in [-0.1, -0.05) is 121 Å². The first kappa shape index (κ1) is 43.3. The van der Waals surface area contributed by atoms with E-state index in [0.29, 0.717) is 13.1 Å². The number of benzene rings is 8. The standard InChI is InChI=1S/2C23H23NO2.2ClH.H2O/c2*1-23(14-25,15-26)24-13-16-10-11-21-19-8-3-2-6-17(19)18-7-4-5-9-20(18)22(21)12-16;;;/h2*2-12,24-26H,13-15H2,1H3;2*1H;1H2. The van der Waals surface area contributed by atoms with E-state index in [1.54, 1.807) is 0 Å². The summed E-state index contributed by atoms with van der Waals surface area (Å²) in [6, 6.07) is 47.1. The van der Waals surface area contributed by atoms with Crippen molar-refractivity contribution in [3.05, 3.63) is 145 Å². The van der Waals surface area contributed by atoms with E-state index >= 15 is 0 Å². The summed E-state index contributed by atoms with van der Waals surface area (Å²) >= 11 is 0. The second-order valence-electron chi connectivity index (χ2n) is 14.4. The number of rotatable bonds is 10. The van der Waals surface area contributed by atoms with Crippen molar-refractivity contribution in [2.24, 2.45) is 0 Å². The Kier molecular flexibility index (Phi) is 14.6. The molecule has 0 amide bonds. The average molecular weight is 782 g/mol. The molecule has 8 rings (SSSR count). The second-order valence-corrected chi connectivity index (χ2v) is 14.4. The van der Waals surface area contributed by atoms with E-state index in [0.717, 1.165) is 11.1 Å². The molecule has 0 aliphatic heterocycles. The molecule has 0 bridgehead atoms. The van der Waals surface area contributed by atoms with Crippen LogP contribution in [0.5, 0.6) is 0 Å². The van der Waals surface area contributed by atoms with E-state index < -0.39 is 11.1 Å². The van der Waals surface area contributed by atoms with E-state index in [1.165, 1.54) is 64.6 Å². The van der Waals surface area contributed by atoms with Gasteiger partial charge in [-0.25, -0.2) is 0 Å². The van der Waals surface area contributed by atoms with Gasteiger partial charge in [0.1, 0.15) is 0 Å². The van der Waals surface area contributed by atoms with Crippen molar-refractivity contribution in [3.8, 4) is 0 Å². The lowest BCUT2D eigenvalue weighted by molar-refractivity contribution is 0.103. The van der Waals surface area contributed by atoms with Gasteiger partial charge in [-0.15, -0.1) is 24.8 Å². The predicted molar refractivity (Wildman–Crippen MR) is 235 cm³/mol. The first-order valence-corrected chi connectivity index (χ1v) is 17.9. The van der Waals surface area contributed by atoms with Crippen molar-refractivity contribution in [3.63, 3.8) is 0 Å². The molecule has 8 aromatic carbocycles. The third-order valence-electron chi connectivity index (χ3n) is 10.5. The van der Waals surface area contributed by atoms with Crippen LogP contribution in [0.25, 0.3) is 64.6 Å².